The molecule has 0 N–H and O–H groups in total. The van der Waals surface area contributed by atoms with Gasteiger partial charge in [0.1, 0.15) is 17.1 Å². The van der Waals surface area contributed by atoms with Crippen LogP contribution in [0.4, 0.5) is 0 Å². The first-order valence-corrected chi connectivity index (χ1v) is 10.6. The zero-order valence-electron chi connectivity index (χ0n) is 16.3. The van der Waals surface area contributed by atoms with Gasteiger partial charge in [0.25, 0.3) is 0 Å². The number of ether oxygens (including phenoxy) is 1. The fourth-order valence-electron chi connectivity index (χ4n) is 6.25. The number of carbonyl (C=O) groups excluding carboxylic acids is 2. The summed E-state index contributed by atoms with van der Waals surface area (Å²) in [5.74, 6) is 2.46. The second kappa shape index (κ2) is 6.64. The molecule has 0 saturated heterocycles. The van der Waals surface area contributed by atoms with Crippen molar-refractivity contribution in [1.82, 2.24) is 4.90 Å². The second-order valence-electron chi connectivity index (χ2n) is 9.21. The molecule has 4 aliphatic carbocycles. The number of amides is 1. The first-order valence-electron chi connectivity index (χ1n) is 9.81. The van der Waals surface area contributed by atoms with Gasteiger partial charge in [-0.2, -0.15) is 0 Å². The zero-order valence-corrected chi connectivity index (χ0v) is 17.9. The maximum Gasteiger partial charge on any atom is 0.341 e. The maximum atomic E-state index is 13.0. The molecule has 0 radical (unpaired) electrons. The summed E-state index contributed by atoms with van der Waals surface area (Å²) in [7, 11) is 3.18. The number of furan rings is 1. The van der Waals surface area contributed by atoms with Crippen LogP contribution < -0.4 is 0 Å². The van der Waals surface area contributed by atoms with Crippen LogP contribution in [-0.4, -0.2) is 35.3 Å². The molecular weight excluding hydrogens is 410 g/mol. The van der Waals surface area contributed by atoms with Crippen molar-refractivity contribution in [3.63, 3.8) is 0 Å². The SMILES string of the molecule is COC(=O)c1cc(CN(C)C(=O)CC23CC4CC(CC(Br)(C4)C2)C3)oc1C. The van der Waals surface area contributed by atoms with E-state index in [4.69, 9.17) is 9.15 Å². The number of esters is 1. The van der Waals surface area contributed by atoms with E-state index in [-0.39, 0.29) is 15.6 Å². The van der Waals surface area contributed by atoms with Gasteiger partial charge < -0.3 is 14.1 Å². The molecule has 1 heterocycles. The van der Waals surface area contributed by atoms with E-state index in [2.05, 4.69) is 15.9 Å². The summed E-state index contributed by atoms with van der Waals surface area (Å²) < 4.78 is 10.7. The number of alkyl halides is 1. The molecule has 0 spiro atoms. The lowest BCUT2D eigenvalue weighted by Gasteiger charge is -2.60. The minimum absolute atomic E-state index is 0.162. The molecule has 6 heteroatoms. The average Bonchev–Trinajstić information content (AvgIpc) is 2.91. The third kappa shape index (κ3) is 3.57. The van der Waals surface area contributed by atoms with Gasteiger partial charge in [0, 0.05) is 17.8 Å². The Balaban J connectivity index is 1.42. The van der Waals surface area contributed by atoms with Crippen LogP contribution in [-0.2, 0) is 16.1 Å². The summed E-state index contributed by atoms with van der Waals surface area (Å²) >= 11 is 4.02. The molecule has 1 aromatic rings. The number of hydrogen-bond acceptors (Lipinski definition) is 4. The molecule has 4 fully saturated rings. The van der Waals surface area contributed by atoms with E-state index in [0.29, 0.717) is 30.0 Å². The molecule has 1 amide bonds. The Bertz CT molecular complexity index is 756. The van der Waals surface area contributed by atoms with Gasteiger partial charge in [0.2, 0.25) is 5.91 Å². The summed E-state index contributed by atoms with van der Waals surface area (Å²) in [6.45, 7) is 2.11. The Labute approximate surface area is 168 Å². The highest BCUT2D eigenvalue weighted by Crippen LogP contribution is 2.65. The molecule has 0 aromatic carbocycles. The molecule has 5 rings (SSSR count). The standard InChI is InChI=1S/C21H28BrNO4/c1-13-17(19(25)26-3)5-16(27-13)11-23(2)18(24)10-20-6-14-4-15(7-20)9-21(22,8-14)12-20/h5,14-15H,4,6-12H2,1-3H3. The van der Waals surface area contributed by atoms with Gasteiger partial charge in [-0.3, -0.25) is 4.79 Å². The Hall–Kier alpha value is -1.30. The van der Waals surface area contributed by atoms with Gasteiger partial charge in [0.05, 0.1) is 13.7 Å². The van der Waals surface area contributed by atoms with E-state index in [1.165, 1.54) is 39.2 Å². The molecule has 5 nitrogen and oxygen atoms in total. The smallest absolute Gasteiger partial charge is 0.341 e. The fourth-order valence-corrected chi connectivity index (χ4v) is 7.77. The molecule has 27 heavy (non-hydrogen) atoms. The minimum Gasteiger partial charge on any atom is -0.465 e. The molecule has 4 bridgehead atoms. The van der Waals surface area contributed by atoms with Gasteiger partial charge in [0.15, 0.2) is 0 Å². The maximum absolute atomic E-state index is 13.0. The minimum atomic E-state index is -0.410. The van der Waals surface area contributed by atoms with Gasteiger partial charge in [-0.15, -0.1) is 0 Å². The number of aryl methyl sites for hydroxylation is 1. The summed E-state index contributed by atoms with van der Waals surface area (Å²) in [5.41, 5.74) is 0.588. The molecule has 4 aliphatic rings. The van der Waals surface area contributed by atoms with Crippen molar-refractivity contribution in [1.29, 1.82) is 0 Å². The van der Waals surface area contributed by atoms with Crippen molar-refractivity contribution < 1.29 is 18.7 Å². The van der Waals surface area contributed by atoms with Gasteiger partial charge in [-0.05, 0) is 68.8 Å². The fraction of sp³-hybridized carbons (Fsp3) is 0.714. The number of methoxy groups -OCH3 is 1. The first kappa shape index (κ1) is 19.0. The van der Waals surface area contributed by atoms with Crippen LogP contribution >= 0.6 is 15.9 Å². The van der Waals surface area contributed by atoms with E-state index in [0.717, 1.165) is 18.3 Å². The molecule has 0 aliphatic heterocycles. The Morgan fingerprint density at radius 1 is 1.30 bits per heavy atom. The van der Waals surface area contributed by atoms with Crippen LogP contribution in [0.5, 0.6) is 0 Å². The third-order valence-corrected chi connectivity index (χ3v) is 7.76. The van der Waals surface area contributed by atoms with Crippen LogP contribution in [0, 0.1) is 24.2 Å². The highest BCUT2D eigenvalue weighted by atomic mass is 79.9. The quantitative estimate of drug-likeness (QED) is 0.503. The Morgan fingerprint density at radius 2 is 1.96 bits per heavy atom. The van der Waals surface area contributed by atoms with Crippen LogP contribution in [0.2, 0.25) is 0 Å². The Kier molecular flexibility index (Phi) is 4.68. The average molecular weight is 438 g/mol. The summed E-state index contributed by atoms with van der Waals surface area (Å²) in [4.78, 5) is 26.5. The van der Waals surface area contributed by atoms with Crippen molar-refractivity contribution in [2.45, 2.75) is 62.7 Å². The van der Waals surface area contributed by atoms with Crippen LogP contribution in [0.3, 0.4) is 0 Å². The topological polar surface area (TPSA) is 59.8 Å². The molecule has 1 aromatic heterocycles. The number of hydrogen-bond donors (Lipinski definition) is 0. The van der Waals surface area contributed by atoms with E-state index < -0.39 is 5.97 Å². The van der Waals surface area contributed by atoms with Crippen LogP contribution in [0.1, 0.15) is 66.8 Å². The van der Waals surface area contributed by atoms with Gasteiger partial charge >= 0.3 is 5.97 Å². The predicted octanol–water partition coefficient (Wildman–Crippen LogP) is 4.46. The third-order valence-electron chi connectivity index (χ3n) is 6.83. The van der Waals surface area contributed by atoms with E-state index >= 15 is 0 Å². The van der Waals surface area contributed by atoms with Crippen molar-refractivity contribution in [3.8, 4) is 0 Å². The highest BCUT2D eigenvalue weighted by Gasteiger charge is 2.57. The predicted molar refractivity (Wildman–Crippen MR) is 105 cm³/mol. The largest absolute Gasteiger partial charge is 0.465 e. The zero-order chi connectivity index (χ0) is 19.4. The number of rotatable bonds is 5. The van der Waals surface area contributed by atoms with E-state index in [1.807, 2.05) is 7.05 Å². The molecule has 2 unspecified atom stereocenters. The van der Waals surface area contributed by atoms with Gasteiger partial charge in [-0.1, -0.05) is 15.9 Å². The number of carbonyl (C=O) groups is 2. The van der Waals surface area contributed by atoms with Gasteiger partial charge in [-0.25, -0.2) is 4.79 Å². The van der Waals surface area contributed by atoms with Crippen molar-refractivity contribution in [2.75, 3.05) is 14.2 Å². The molecule has 148 valence electrons. The lowest BCUT2D eigenvalue weighted by atomic mass is 9.48. The second-order valence-corrected chi connectivity index (χ2v) is 10.9. The number of halogens is 1. The molecule has 4 saturated carbocycles. The van der Waals surface area contributed by atoms with Crippen LogP contribution in [0.15, 0.2) is 10.5 Å². The van der Waals surface area contributed by atoms with Crippen molar-refractivity contribution >= 4 is 27.8 Å². The Morgan fingerprint density at radius 3 is 2.56 bits per heavy atom. The highest BCUT2D eigenvalue weighted by molar-refractivity contribution is 9.10. The molecule has 2 atom stereocenters. The monoisotopic (exact) mass is 437 g/mol. The molecular formula is C21H28BrNO4. The van der Waals surface area contributed by atoms with Crippen LogP contribution in [0.25, 0.3) is 0 Å². The lowest BCUT2D eigenvalue weighted by Crippen LogP contribution is -2.54. The first-order chi connectivity index (χ1) is 12.7. The van der Waals surface area contributed by atoms with E-state index in [9.17, 15) is 9.59 Å². The summed E-state index contributed by atoms with van der Waals surface area (Å²) in [6.07, 6.45) is 8.04. The lowest BCUT2D eigenvalue weighted by molar-refractivity contribution is -0.137. The normalized spacial score (nSPS) is 33.9. The van der Waals surface area contributed by atoms with Crippen molar-refractivity contribution in [2.24, 2.45) is 17.3 Å². The van der Waals surface area contributed by atoms with E-state index in [1.54, 1.807) is 17.9 Å². The number of nitrogens with zero attached hydrogens (tertiary/aromatic N) is 1. The summed E-state index contributed by atoms with van der Waals surface area (Å²) in [5, 5.41) is 0. The summed E-state index contributed by atoms with van der Waals surface area (Å²) in [6, 6.07) is 1.68. The van der Waals surface area contributed by atoms with Crippen molar-refractivity contribution in [3.05, 3.63) is 23.2 Å².